The second-order valence-corrected chi connectivity index (χ2v) is 9.85. The molecule has 10 heteroatoms. The fourth-order valence-corrected chi connectivity index (χ4v) is 6.04. The van der Waals surface area contributed by atoms with E-state index in [1.807, 2.05) is 0 Å². The number of anilines is 1. The van der Waals surface area contributed by atoms with Crippen molar-refractivity contribution in [3.05, 3.63) is 27.6 Å². The SMILES string of the molecule is Cc1sc(C(=O)O)cc1S(=O)(=O)N1CCN(c2cc(C3CC3)[nH]n2)CC1. The molecule has 0 spiro atoms. The zero-order valence-corrected chi connectivity index (χ0v) is 15.9. The summed E-state index contributed by atoms with van der Waals surface area (Å²) in [6.45, 7) is 3.47. The molecule has 0 aromatic carbocycles. The standard InChI is InChI=1S/C16H20N4O4S2/c1-10-14(9-13(25-10)16(21)22)26(23,24)20-6-4-19(5-7-20)15-8-12(17-18-15)11-2-3-11/h8-9,11H,2-7H2,1H3,(H,17,18)(H,21,22). The molecule has 4 rings (SSSR count). The van der Waals surface area contributed by atoms with Gasteiger partial charge in [0.25, 0.3) is 0 Å². The molecule has 1 aliphatic carbocycles. The van der Waals surface area contributed by atoms with Gasteiger partial charge in [-0.1, -0.05) is 0 Å². The van der Waals surface area contributed by atoms with E-state index in [9.17, 15) is 13.2 Å². The van der Waals surface area contributed by atoms with Crippen molar-refractivity contribution in [2.45, 2.75) is 30.6 Å². The van der Waals surface area contributed by atoms with Gasteiger partial charge in [0.1, 0.15) is 4.88 Å². The van der Waals surface area contributed by atoms with Gasteiger partial charge in [0.2, 0.25) is 10.0 Å². The highest BCUT2D eigenvalue weighted by atomic mass is 32.2. The van der Waals surface area contributed by atoms with Crippen molar-refractivity contribution in [2.75, 3.05) is 31.1 Å². The minimum atomic E-state index is -3.68. The number of nitrogens with zero attached hydrogens (tertiary/aromatic N) is 3. The first kappa shape index (κ1) is 17.5. The maximum atomic E-state index is 12.9. The van der Waals surface area contributed by atoms with Crippen LogP contribution in [-0.4, -0.2) is 60.2 Å². The van der Waals surface area contributed by atoms with E-state index < -0.39 is 16.0 Å². The molecule has 2 N–H and O–H groups in total. The molecule has 1 saturated heterocycles. The van der Waals surface area contributed by atoms with Gasteiger partial charge in [0.05, 0.1) is 4.90 Å². The number of rotatable bonds is 5. The van der Waals surface area contributed by atoms with Gasteiger partial charge in [0.15, 0.2) is 5.82 Å². The maximum Gasteiger partial charge on any atom is 0.345 e. The van der Waals surface area contributed by atoms with Crippen molar-refractivity contribution >= 4 is 33.1 Å². The summed E-state index contributed by atoms with van der Waals surface area (Å²) in [7, 11) is -3.68. The molecule has 8 nitrogen and oxygen atoms in total. The summed E-state index contributed by atoms with van der Waals surface area (Å²) >= 11 is 0.992. The summed E-state index contributed by atoms with van der Waals surface area (Å²) in [5.74, 6) is 0.362. The first-order valence-electron chi connectivity index (χ1n) is 8.50. The lowest BCUT2D eigenvalue weighted by Gasteiger charge is -2.34. The van der Waals surface area contributed by atoms with E-state index in [0.717, 1.165) is 22.8 Å². The molecule has 0 amide bonds. The third-order valence-corrected chi connectivity index (χ3v) is 8.06. The van der Waals surface area contributed by atoms with Crippen LogP contribution in [-0.2, 0) is 10.0 Å². The van der Waals surface area contributed by atoms with Crippen molar-refractivity contribution in [2.24, 2.45) is 0 Å². The van der Waals surface area contributed by atoms with Crippen LogP contribution in [0.25, 0.3) is 0 Å². The minimum Gasteiger partial charge on any atom is -0.477 e. The molecule has 26 heavy (non-hydrogen) atoms. The van der Waals surface area contributed by atoms with E-state index in [4.69, 9.17) is 5.11 Å². The number of aromatic carboxylic acids is 1. The lowest BCUT2D eigenvalue weighted by molar-refractivity contribution is 0.0702. The van der Waals surface area contributed by atoms with Crippen LogP contribution in [0.15, 0.2) is 17.0 Å². The van der Waals surface area contributed by atoms with Crippen LogP contribution in [0.3, 0.4) is 0 Å². The van der Waals surface area contributed by atoms with E-state index >= 15 is 0 Å². The molecule has 140 valence electrons. The van der Waals surface area contributed by atoms with Crippen LogP contribution < -0.4 is 4.90 Å². The zero-order valence-electron chi connectivity index (χ0n) is 14.3. The number of aromatic amines is 1. The lowest BCUT2D eigenvalue weighted by atomic mass is 10.3. The molecule has 2 fully saturated rings. The van der Waals surface area contributed by atoms with Gasteiger partial charge in [0, 0.05) is 48.7 Å². The summed E-state index contributed by atoms with van der Waals surface area (Å²) in [4.78, 5) is 13.8. The number of carbonyl (C=O) groups is 1. The van der Waals surface area contributed by atoms with Crippen LogP contribution >= 0.6 is 11.3 Å². The summed E-state index contributed by atoms with van der Waals surface area (Å²) in [6.07, 6.45) is 2.40. The summed E-state index contributed by atoms with van der Waals surface area (Å²) in [6, 6.07) is 3.32. The molecule has 0 atom stereocenters. The molecule has 2 aromatic heterocycles. The second-order valence-electron chi connectivity index (χ2n) is 6.68. The van der Waals surface area contributed by atoms with Crippen LogP contribution in [0.5, 0.6) is 0 Å². The molecule has 3 heterocycles. The number of sulfonamides is 1. The van der Waals surface area contributed by atoms with Crippen molar-refractivity contribution < 1.29 is 18.3 Å². The molecule has 0 radical (unpaired) electrons. The van der Waals surface area contributed by atoms with E-state index in [-0.39, 0.29) is 9.77 Å². The van der Waals surface area contributed by atoms with Crippen LogP contribution in [0.1, 0.15) is 39.0 Å². The quantitative estimate of drug-likeness (QED) is 0.799. The van der Waals surface area contributed by atoms with E-state index in [2.05, 4.69) is 21.2 Å². The highest BCUT2D eigenvalue weighted by Crippen LogP contribution is 2.40. The number of hydrogen-bond donors (Lipinski definition) is 2. The molecule has 1 aliphatic heterocycles. The van der Waals surface area contributed by atoms with Crippen LogP contribution in [0.4, 0.5) is 5.82 Å². The Labute approximate surface area is 155 Å². The average Bonchev–Trinajstić information content (AvgIpc) is 3.19. The molecule has 0 unspecified atom stereocenters. The van der Waals surface area contributed by atoms with Crippen molar-refractivity contribution in [1.82, 2.24) is 14.5 Å². The van der Waals surface area contributed by atoms with Gasteiger partial charge in [-0.2, -0.15) is 9.40 Å². The smallest absolute Gasteiger partial charge is 0.345 e. The fourth-order valence-electron chi connectivity index (χ4n) is 3.21. The monoisotopic (exact) mass is 396 g/mol. The Morgan fingerprint density at radius 3 is 2.54 bits per heavy atom. The van der Waals surface area contributed by atoms with Gasteiger partial charge < -0.3 is 10.0 Å². The Kier molecular flexibility index (Phi) is 4.28. The summed E-state index contributed by atoms with van der Waals surface area (Å²) in [5.41, 5.74) is 1.16. The van der Waals surface area contributed by atoms with Gasteiger partial charge >= 0.3 is 5.97 Å². The predicted molar refractivity (Wildman–Crippen MR) is 97.5 cm³/mol. The maximum absolute atomic E-state index is 12.9. The number of aryl methyl sites for hydroxylation is 1. The summed E-state index contributed by atoms with van der Waals surface area (Å²) < 4.78 is 27.2. The predicted octanol–water partition coefficient (Wildman–Crippen LogP) is 1.87. The van der Waals surface area contributed by atoms with E-state index in [0.29, 0.717) is 37.0 Å². The third-order valence-electron chi connectivity index (χ3n) is 4.86. The first-order chi connectivity index (χ1) is 12.4. The second kappa shape index (κ2) is 6.36. The number of carboxylic acids is 1. The highest BCUT2D eigenvalue weighted by molar-refractivity contribution is 7.89. The van der Waals surface area contributed by atoms with Gasteiger partial charge in [-0.15, -0.1) is 11.3 Å². The molecule has 2 aliphatic rings. The Morgan fingerprint density at radius 2 is 1.96 bits per heavy atom. The normalized spacial score (nSPS) is 19.0. The number of hydrogen-bond acceptors (Lipinski definition) is 6. The first-order valence-corrected chi connectivity index (χ1v) is 10.8. The third kappa shape index (κ3) is 3.12. The Balaban J connectivity index is 1.47. The van der Waals surface area contributed by atoms with Gasteiger partial charge in [-0.3, -0.25) is 5.10 Å². The summed E-state index contributed by atoms with van der Waals surface area (Å²) in [5, 5.41) is 16.5. The molecule has 1 saturated carbocycles. The fraction of sp³-hybridized carbons (Fsp3) is 0.500. The average molecular weight is 396 g/mol. The van der Waals surface area contributed by atoms with Crippen molar-refractivity contribution in [1.29, 1.82) is 0 Å². The van der Waals surface area contributed by atoms with Crippen molar-refractivity contribution in [3.63, 3.8) is 0 Å². The van der Waals surface area contributed by atoms with Crippen LogP contribution in [0.2, 0.25) is 0 Å². The molecule has 2 aromatic rings. The highest BCUT2D eigenvalue weighted by Gasteiger charge is 2.32. The topological polar surface area (TPSA) is 107 Å². The molecular formula is C16H20N4O4S2. The molecular weight excluding hydrogens is 376 g/mol. The van der Waals surface area contributed by atoms with E-state index in [1.54, 1.807) is 6.92 Å². The Bertz CT molecular complexity index is 937. The molecule has 0 bridgehead atoms. The number of thiophene rings is 1. The van der Waals surface area contributed by atoms with Crippen LogP contribution in [0, 0.1) is 6.92 Å². The number of H-pyrrole nitrogens is 1. The largest absolute Gasteiger partial charge is 0.477 e. The minimum absolute atomic E-state index is 0.0452. The number of piperazine rings is 1. The number of carboxylic acid groups (broad SMARTS) is 1. The zero-order chi connectivity index (χ0) is 18.5. The Morgan fingerprint density at radius 1 is 1.27 bits per heavy atom. The lowest BCUT2D eigenvalue weighted by Crippen LogP contribution is -2.48. The number of nitrogens with one attached hydrogen (secondary N) is 1. The van der Waals surface area contributed by atoms with E-state index in [1.165, 1.54) is 23.2 Å². The van der Waals surface area contributed by atoms with Crippen molar-refractivity contribution in [3.8, 4) is 0 Å². The Hall–Kier alpha value is -1.91. The number of aromatic nitrogens is 2. The van der Waals surface area contributed by atoms with Gasteiger partial charge in [-0.25, -0.2) is 13.2 Å². The van der Waals surface area contributed by atoms with Gasteiger partial charge in [-0.05, 0) is 25.8 Å².